The molecule has 0 radical (unpaired) electrons. The number of aromatic nitrogens is 5. The zero-order valence-electron chi connectivity index (χ0n) is 16.0. The fourth-order valence-corrected chi connectivity index (χ4v) is 3.00. The quantitative estimate of drug-likeness (QED) is 0.567. The van der Waals surface area contributed by atoms with Crippen molar-refractivity contribution in [3.05, 3.63) is 90.3 Å². The van der Waals surface area contributed by atoms with E-state index in [1.807, 2.05) is 42.0 Å². The van der Waals surface area contributed by atoms with Gasteiger partial charge in [-0.2, -0.15) is 0 Å². The Labute approximate surface area is 166 Å². The molecule has 1 unspecified atom stereocenters. The number of imidazole rings is 1. The summed E-state index contributed by atoms with van der Waals surface area (Å²) in [6.45, 7) is 3.64. The van der Waals surface area contributed by atoms with Crippen molar-refractivity contribution in [1.29, 1.82) is 0 Å². The molecule has 1 atom stereocenters. The second kappa shape index (κ2) is 7.67. The minimum absolute atomic E-state index is 0.0636. The van der Waals surface area contributed by atoms with E-state index in [2.05, 4.69) is 20.4 Å². The molecule has 2 aromatic heterocycles. The maximum Gasteiger partial charge on any atom is 0.291 e. The molecule has 2 heterocycles. The van der Waals surface area contributed by atoms with Crippen LogP contribution in [0.15, 0.2) is 67.3 Å². The van der Waals surface area contributed by atoms with Crippen LogP contribution in [0.2, 0.25) is 0 Å². The zero-order valence-corrected chi connectivity index (χ0v) is 16.0. The van der Waals surface area contributed by atoms with E-state index in [1.165, 1.54) is 16.8 Å². The SMILES string of the molecule is Cc1nc(C(=O)NC(C)c2ccc(-n3ccnc3)cc2)nn1-c1ccc(F)cc1. The van der Waals surface area contributed by atoms with E-state index in [0.29, 0.717) is 11.5 Å². The van der Waals surface area contributed by atoms with Gasteiger partial charge in [0.15, 0.2) is 0 Å². The molecule has 1 N–H and O–H groups in total. The summed E-state index contributed by atoms with van der Waals surface area (Å²) < 4.78 is 16.5. The van der Waals surface area contributed by atoms with Gasteiger partial charge in [0.1, 0.15) is 11.6 Å². The van der Waals surface area contributed by atoms with E-state index in [0.717, 1.165) is 11.3 Å². The number of halogens is 1. The summed E-state index contributed by atoms with van der Waals surface area (Å²) in [4.78, 5) is 20.9. The third kappa shape index (κ3) is 3.91. The first-order valence-corrected chi connectivity index (χ1v) is 9.10. The Morgan fingerprint density at radius 2 is 1.76 bits per heavy atom. The monoisotopic (exact) mass is 390 g/mol. The van der Waals surface area contributed by atoms with Gasteiger partial charge in [-0.15, -0.1) is 5.10 Å². The number of nitrogens with zero attached hydrogens (tertiary/aromatic N) is 5. The van der Waals surface area contributed by atoms with Gasteiger partial charge in [-0.3, -0.25) is 4.79 Å². The Kier molecular flexibility index (Phi) is 4.90. The van der Waals surface area contributed by atoms with Crippen molar-refractivity contribution in [2.75, 3.05) is 0 Å². The second-order valence-electron chi connectivity index (χ2n) is 6.63. The van der Waals surface area contributed by atoms with Crippen LogP contribution in [-0.2, 0) is 0 Å². The lowest BCUT2D eigenvalue weighted by atomic mass is 10.1. The highest BCUT2D eigenvalue weighted by Gasteiger charge is 2.18. The van der Waals surface area contributed by atoms with E-state index < -0.39 is 0 Å². The molecule has 146 valence electrons. The molecule has 4 aromatic rings. The number of carbonyl (C=O) groups excluding carboxylic acids is 1. The number of benzene rings is 2. The molecule has 8 heteroatoms. The number of amides is 1. The second-order valence-corrected chi connectivity index (χ2v) is 6.63. The fourth-order valence-electron chi connectivity index (χ4n) is 3.00. The van der Waals surface area contributed by atoms with Gasteiger partial charge >= 0.3 is 0 Å². The number of carbonyl (C=O) groups is 1. The summed E-state index contributed by atoms with van der Waals surface area (Å²) in [6.07, 6.45) is 5.31. The van der Waals surface area contributed by atoms with E-state index in [9.17, 15) is 9.18 Å². The van der Waals surface area contributed by atoms with Crippen molar-refractivity contribution in [2.45, 2.75) is 19.9 Å². The Morgan fingerprint density at radius 3 is 2.41 bits per heavy atom. The van der Waals surface area contributed by atoms with E-state index in [4.69, 9.17) is 0 Å². The van der Waals surface area contributed by atoms with Gasteiger partial charge in [0.25, 0.3) is 5.91 Å². The largest absolute Gasteiger partial charge is 0.343 e. The topological polar surface area (TPSA) is 77.6 Å². The minimum Gasteiger partial charge on any atom is -0.343 e. The van der Waals surface area contributed by atoms with E-state index >= 15 is 0 Å². The van der Waals surface area contributed by atoms with Gasteiger partial charge in [0.05, 0.1) is 18.1 Å². The average molecular weight is 390 g/mol. The minimum atomic E-state index is -0.375. The van der Waals surface area contributed by atoms with Gasteiger partial charge in [0.2, 0.25) is 5.82 Å². The molecule has 0 fully saturated rings. The predicted octanol–water partition coefficient (Wildman–Crippen LogP) is 3.39. The van der Waals surface area contributed by atoms with Crippen molar-refractivity contribution in [3.8, 4) is 11.4 Å². The molecule has 0 aliphatic heterocycles. The maximum atomic E-state index is 13.1. The highest BCUT2D eigenvalue weighted by Crippen LogP contribution is 2.16. The molecular weight excluding hydrogens is 371 g/mol. The van der Waals surface area contributed by atoms with Crippen LogP contribution in [0, 0.1) is 12.7 Å². The summed E-state index contributed by atoms with van der Waals surface area (Å²) in [5, 5.41) is 7.18. The number of hydrogen-bond acceptors (Lipinski definition) is 4. The average Bonchev–Trinajstić information content (AvgIpc) is 3.39. The van der Waals surface area contributed by atoms with Gasteiger partial charge in [-0.1, -0.05) is 12.1 Å². The normalized spacial score (nSPS) is 12.0. The molecule has 0 aliphatic rings. The van der Waals surface area contributed by atoms with Crippen molar-refractivity contribution in [3.63, 3.8) is 0 Å². The first-order chi connectivity index (χ1) is 14.0. The summed E-state index contributed by atoms with van der Waals surface area (Å²) in [5.74, 6) is -0.106. The molecule has 4 rings (SSSR count). The van der Waals surface area contributed by atoms with Crippen molar-refractivity contribution in [2.24, 2.45) is 0 Å². The lowest BCUT2D eigenvalue weighted by Crippen LogP contribution is -2.27. The van der Waals surface area contributed by atoms with Crippen LogP contribution >= 0.6 is 0 Å². The Bertz CT molecular complexity index is 1120. The Hall–Kier alpha value is -3.81. The molecule has 0 spiro atoms. The van der Waals surface area contributed by atoms with Crippen molar-refractivity contribution in [1.82, 2.24) is 29.6 Å². The standard InChI is InChI=1S/C21H19FN6O/c1-14(16-3-7-18(8-4-16)27-12-11-23-13-27)24-21(29)20-25-15(2)28(26-20)19-9-5-17(22)6-10-19/h3-14H,1-2H3,(H,24,29). The van der Waals surface area contributed by atoms with Gasteiger partial charge in [0, 0.05) is 18.1 Å². The molecule has 0 saturated heterocycles. The fraction of sp³-hybridized carbons (Fsp3) is 0.143. The molecule has 7 nitrogen and oxygen atoms in total. The van der Waals surface area contributed by atoms with Crippen LogP contribution < -0.4 is 5.32 Å². The molecule has 2 aromatic carbocycles. The first-order valence-electron chi connectivity index (χ1n) is 9.10. The van der Waals surface area contributed by atoms with E-state index in [1.54, 1.807) is 31.6 Å². The summed E-state index contributed by atoms with van der Waals surface area (Å²) in [7, 11) is 0. The van der Waals surface area contributed by atoms with Crippen LogP contribution in [0.25, 0.3) is 11.4 Å². The summed E-state index contributed by atoms with van der Waals surface area (Å²) in [6, 6.07) is 13.5. The third-order valence-electron chi connectivity index (χ3n) is 4.59. The van der Waals surface area contributed by atoms with Crippen LogP contribution in [0.5, 0.6) is 0 Å². The maximum absolute atomic E-state index is 13.1. The smallest absolute Gasteiger partial charge is 0.291 e. The highest BCUT2D eigenvalue weighted by molar-refractivity contribution is 5.90. The molecule has 1 amide bonds. The molecule has 29 heavy (non-hydrogen) atoms. The molecule has 0 saturated carbocycles. The van der Waals surface area contributed by atoms with Gasteiger partial charge in [-0.25, -0.2) is 19.0 Å². The predicted molar refractivity (Wildman–Crippen MR) is 105 cm³/mol. The highest BCUT2D eigenvalue weighted by atomic mass is 19.1. The summed E-state index contributed by atoms with van der Waals surface area (Å²) >= 11 is 0. The summed E-state index contributed by atoms with van der Waals surface area (Å²) in [5.41, 5.74) is 2.58. The molecular formula is C21H19FN6O. The molecule has 0 bridgehead atoms. The lowest BCUT2D eigenvalue weighted by Gasteiger charge is -2.14. The van der Waals surface area contributed by atoms with Crippen LogP contribution in [0.4, 0.5) is 4.39 Å². The van der Waals surface area contributed by atoms with Gasteiger partial charge < -0.3 is 9.88 Å². The molecule has 0 aliphatic carbocycles. The van der Waals surface area contributed by atoms with Crippen LogP contribution in [0.3, 0.4) is 0 Å². The number of hydrogen-bond donors (Lipinski definition) is 1. The van der Waals surface area contributed by atoms with Gasteiger partial charge in [-0.05, 0) is 55.8 Å². The third-order valence-corrected chi connectivity index (χ3v) is 4.59. The van der Waals surface area contributed by atoms with Crippen LogP contribution in [0.1, 0.15) is 35.0 Å². The van der Waals surface area contributed by atoms with E-state index in [-0.39, 0.29) is 23.6 Å². The van der Waals surface area contributed by atoms with Crippen molar-refractivity contribution < 1.29 is 9.18 Å². The lowest BCUT2D eigenvalue weighted by molar-refractivity contribution is 0.0929. The number of nitrogens with one attached hydrogen (secondary N) is 1. The van der Waals surface area contributed by atoms with Crippen molar-refractivity contribution >= 4 is 5.91 Å². The Balaban J connectivity index is 1.47. The first kappa shape index (κ1) is 18.5. The number of aryl methyl sites for hydroxylation is 1. The van der Waals surface area contributed by atoms with Crippen LogP contribution in [-0.4, -0.2) is 30.2 Å². The number of rotatable bonds is 5. The zero-order chi connectivity index (χ0) is 20.4. The Morgan fingerprint density at radius 1 is 1.07 bits per heavy atom.